The van der Waals surface area contributed by atoms with Gasteiger partial charge >= 0.3 is 0 Å². The van der Waals surface area contributed by atoms with Crippen molar-refractivity contribution in [1.29, 1.82) is 0 Å². The van der Waals surface area contributed by atoms with Crippen LogP contribution in [-0.2, 0) is 4.74 Å². The molecule has 4 unspecified atom stereocenters. The molecule has 2 bridgehead atoms. The van der Waals surface area contributed by atoms with Crippen molar-refractivity contribution in [3.05, 3.63) is 0 Å². The number of ether oxygens (including phenoxy) is 1. The number of rotatable bonds is 0. The topological polar surface area (TPSA) is 35.2 Å². The predicted molar refractivity (Wildman–Crippen MR) is 46.8 cm³/mol. The summed E-state index contributed by atoms with van der Waals surface area (Å²) in [7, 11) is 0. The van der Waals surface area contributed by atoms with Crippen LogP contribution in [0.4, 0.5) is 0 Å². The Labute approximate surface area is 73.5 Å². The van der Waals surface area contributed by atoms with Crippen molar-refractivity contribution < 1.29 is 4.74 Å². The highest BCUT2D eigenvalue weighted by atomic mass is 16.5. The molecule has 1 saturated carbocycles. The van der Waals surface area contributed by atoms with E-state index in [0.29, 0.717) is 23.7 Å². The summed E-state index contributed by atoms with van der Waals surface area (Å²) in [6, 6.07) is 0.438. The summed E-state index contributed by atoms with van der Waals surface area (Å²) in [5.74, 6) is 0. The zero-order valence-corrected chi connectivity index (χ0v) is 7.46. The Morgan fingerprint density at radius 3 is 2.67 bits per heavy atom. The van der Waals surface area contributed by atoms with E-state index >= 15 is 0 Å². The predicted octanol–water partition coefficient (Wildman–Crippen LogP) is 1.44. The van der Waals surface area contributed by atoms with E-state index in [1.54, 1.807) is 0 Å². The summed E-state index contributed by atoms with van der Waals surface area (Å²) in [5, 5.41) is 0. The standard InChI is InChI=1S/C10H17NO/c11-8-2-1-5-10(8)6-7-3-4-9(10)12-7/h7-9H,1-6,11H2. The third kappa shape index (κ3) is 0.728. The molecule has 2 aliphatic heterocycles. The zero-order valence-electron chi connectivity index (χ0n) is 7.46. The Morgan fingerprint density at radius 2 is 2.17 bits per heavy atom. The summed E-state index contributed by atoms with van der Waals surface area (Å²) in [4.78, 5) is 0. The maximum absolute atomic E-state index is 6.18. The maximum atomic E-state index is 6.18. The molecule has 0 aromatic heterocycles. The van der Waals surface area contributed by atoms with Crippen molar-refractivity contribution in [3.63, 3.8) is 0 Å². The van der Waals surface area contributed by atoms with E-state index < -0.39 is 0 Å². The molecule has 2 N–H and O–H groups in total. The number of nitrogens with two attached hydrogens (primary N) is 1. The molecule has 2 saturated heterocycles. The molecule has 1 aliphatic carbocycles. The van der Waals surface area contributed by atoms with Gasteiger partial charge in [0.05, 0.1) is 12.2 Å². The van der Waals surface area contributed by atoms with E-state index in [2.05, 4.69) is 0 Å². The first kappa shape index (κ1) is 7.34. The fraction of sp³-hybridized carbons (Fsp3) is 1.00. The van der Waals surface area contributed by atoms with E-state index in [9.17, 15) is 0 Å². The number of hydrogen-bond acceptors (Lipinski definition) is 2. The van der Waals surface area contributed by atoms with Gasteiger partial charge in [0, 0.05) is 11.5 Å². The van der Waals surface area contributed by atoms with Gasteiger partial charge in [0.2, 0.25) is 0 Å². The van der Waals surface area contributed by atoms with Crippen LogP contribution in [0, 0.1) is 5.41 Å². The largest absolute Gasteiger partial charge is 0.374 e. The van der Waals surface area contributed by atoms with Gasteiger partial charge in [-0.3, -0.25) is 0 Å². The SMILES string of the molecule is NC1CCCC12CC1CCC2O1. The molecule has 12 heavy (non-hydrogen) atoms. The van der Waals surface area contributed by atoms with Crippen LogP contribution in [0.5, 0.6) is 0 Å². The molecule has 3 aliphatic rings. The molecular weight excluding hydrogens is 150 g/mol. The van der Waals surface area contributed by atoms with Crippen LogP contribution >= 0.6 is 0 Å². The Kier molecular flexibility index (Phi) is 1.37. The first-order chi connectivity index (χ1) is 5.81. The van der Waals surface area contributed by atoms with Gasteiger partial charge in [0.25, 0.3) is 0 Å². The minimum Gasteiger partial charge on any atom is -0.374 e. The van der Waals surface area contributed by atoms with E-state index in [1.807, 2.05) is 0 Å². The molecule has 0 radical (unpaired) electrons. The monoisotopic (exact) mass is 167 g/mol. The highest BCUT2D eigenvalue weighted by molar-refractivity contribution is 5.08. The fourth-order valence-corrected chi connectivity index (χ4v) is 3.61. The summed E-state index contributed by atoms with van der Waals surface area (Å²) in [6.45, 7) is 0. The van der Waals surface area contributed by atoms with E-state index in [1.165, 1.54) is 38.5 Å². The third-order valence-electron chi connectivity index (χ3n) is 4.25. The lowest BCUT2D eigenvalue weighted by Gasteiger charge is -2.35. The second kappa shape index (κ2) is 2.24. The van der Waals surface area contributed by atoms with Gasteiger partial charge in [0.15, 0.2) is 0 Å². The van der Waals surface area contributed by atoms with Gasteiger partial charge in [-0.15, -0.1) is 0 Å². The van der Waals surface area contributed by atoms with E-state index in [0.717, 1.165) is 0 Å². The van der Waals surface area contributed by atoms with Crippen LogP contribution in [0.3, 0.4) is 0 Å². The molecule has 0 aromatic rings. The molecule has 68 valence electrons. The Balaban J connectivity index is 1.91. The molecule has 4 atom stereocenters. The average molecular weight is 167 g/mol. The van der Waals surface area contributed by atoms with Crippen LogP contribution < -0.4 is 5.73 Å². The molecule has 3 rings (SSSR count). The van der Waals surface area contributed by atoms with Crippen molar-refractivity contribution in [3.8, 4) is 0 Å². The lowest BCUT2D eigenvalue weighted by molar-refractivity contribution is 0.0565. The van der Waals surface area contributed by atoms with Crippen molar-refractivity contribution in [2.75, 3.05) is 0 Å². The second-order valence-corrected chi connectivity index (χ2v) is 4.76. The lowest BCUT2D eigenvalue weighted by Crippen LogP contribution is -2.44. The normalized spacial score (nSPS) is 57.2. The Hall–Kier alpha value is -0.0800. The zero-order chi connectivity index (χ0) is 8.18. The third-order valence-corrected chi connectivity index (χ3v) is 4.25. The summed E-state index contributed by atoms with van der Waals surface area (Å²) < 4.78 is 5.90. The highest BCUT2D eigenvalue weighted by Crippen LogP contribution is 2.55. The highest BCUT2D eigenvalue weighted by Gasteiger charge is 2.56. The molecule has 2 heteroatoms. The molecule has 2 heterocycles. The van der Waals surface area contributed by atoms with Crippen LogP contribution in [0.1, 0.15) is 38.5 Å². The first-order valence-corrected chi connectivity index (χ1v) is 5.22. The van der Waals surface area contributed by atoms with Crippen molar-refractivity contribution in [2.45, 2.75) is 56.8 Å². The lowest BCUT2D eigenvalue weighted by atomic mass is 9.70. The van der Waals surface area contributed by atoms with E-state index in [4.69, 9.17) is 10.5 Å². The van der Waals surface area contributed by atoms with Gasteiger partial charge in [-0.2, -0.15) is 0 Å². The summed E-state index contributed by atoms with van der Waals surface area (Å²) in [5.41, 5.74) is 6.60. The summed E-state index contributed by atoms with van der Waals surface area (Å²) in [6.07, 6.45) is 8.81. The molecule has 3 fully saturated rings. The minimum atomic E-state index is 0.420. The quantitative estimate of drug-likeness (QED) is 0.592. The molecular formula is C10H17NO. The molecule has 0 amide bonds. The van der Waals surface area contributed by atoms with Crippen LogP contribution in [0.25, 0.3) is 0 Å². The van der Waals surface area contributed by atoms with Crippen molar-refractivity contribution in [2.24, 2.45) is 11.1 Å². The average Bonchev–Trinajstić information content (AvgIpc) is 2.69. The molecule has 0 aromatic carbocycles. The smallest absolute Gasteiger partial charge is 0.0651 e. The first-order valence-electron chi connectivity index (χ1n) is 5.22. The van der Waals surface area contributed by atoms with Crippen LogP contribution in [0.2, 0.25) is 0 Å². The Morgan fingerprint density at radius 1 is 1.25 bits per heavy atom. The van der Waals surface area contributed by atoms with Crippen LogP contribution in [-0.4, -0.2) is 18.2 Å². The maximum Gasteiger partial charge on any atom is 0.0651 e. The second-order valence-electron chi connectivity index (χ2n) is 4.76. The van der Waals surface area contributed by atoms with Gasteiger partial charge in [-0.1, -0.05) is 6.42 Å². The number of fused-ring (bicyclic) bond motifs is 3. The van der Waals surface area contributed by atoms with Crippen molar-refractivity contribution >= 4 is 0 Å². The van der Waals surface area contributed by atoms with Gasteiger partial charge < -0.3 is 10.5 Å². The Bertz CT molecular complexity index is 206. The summed E-state index contributed by atoms with van der Waals surface area (Å²) >= 11 is 0. The van der Waals surface area contributed by atoms with Gasteiger partial charge in [-0.25, -0.2) is 0 Å². The van der Waals surface area contributed by atoms with E-state index in [-0.39, 0.29) is 0 Å². The van der Waals surface area contributed by atoms with Crippen molar-refractivity contribution in [1.82, 2.24) is 0 Å². The minimum absolute atomic E-state index is 0.420. The molecule has 2 nitrogen and oxygen atoms in total. The van der Waals surface area contributed by atoms with Gasteiger partial charge in [-0.05, 0) is 32.1 Å². The fourth-order valence-electron chi connectivity index (χ4n) is 3.61. The molecule has 1 spiro atoms. The van der Waals surface area contributed by atoms with Gasteiger partial charge in [0.1, 0.15) is 0 Å². The number of hydrogen-bond donors (Lipinski definition) is 1. The van der Waals surface area contributed by atoms with Crippen LogP contribution in [0.15, 0.2) is 0 Å².